The standard InChI is InChI=1S/C33H28FN3O3S2/c1-4-40-32(39)29-20(2)35-33-37(30(29)22-11-15-25(41-3)16-12-22)31(38)28(42-33)17-23-19-36(27-8-6-5-7-26(23)27)18-21-9-13-24(34)14-10-21/h5-17,19,30H,4,18H2,1-3H3/b28-17+/t30-/m0/s1. The molecule has 6 rings (SSSR count). The molecule has 6 nitrogen and oxygen atoms in total. The molecule has 2 aromatic heterocycles. The molecule has 1 aliphatic heterocycles. The zero-order valence-corrected chi connectivity index (χ0v) is 25.0. The van der Waals surface area contributed by atoms with Gasteiger partial charge in [0.1, 0.15) is 5.82 Å². The predicted octanol–water partition coefficient (Wildman–Crippen LogP) is 5.66. The van der Waals surface area contributed by atoms with Crippen LogP contribution < -0.4 is 14.9 Å². The molecule has 3 heterocycles. The van der Waals surface area contributed by atoms with E-state index in [2.05, 4.69) is 4.57 Å². The quantitative estimate of drug-likeness (QED) is 0.179. The summed E-state index contributed by atoms with van der Waals surface area (Å²) in [5.74, 6) is -0.747. The van der Waals surface area contributed by atoms with Gasteiger partial charge in [0.15, 0.2) is 4.80 Å². The Morgan fingerprint density at radius 3 is 2.55 bits per heavy atom. The Bertz CT molecular complexity index is 2020. The minimum absolute atomic E-state index is 0.220. The molecule has 9 heteroatoms. The fourth-order valence-corrected chi connectivity index (χ4v) is 6.79. The van der Waals surface area contributed by atoms with Gasteiger partial charge >= 0.3 is 5.97 Å². The van der Waals surface area contributed by atoms with Crippen LogP contribution in [0.3, 0.4) is 0 Å². The van der Waals surface area contributed by atoms with Gasteiger partial charge in [-0.05, 0) is 67.6 Å². The van der Waals surface area contributed by atoms with Crippen molar-refractivity contribution in [2.24, 2.45) is 4.99 Å². The molecule has 0 radical (unpaired) electrons. The number of aromatic nitrogens is 2. The van der Waals surface area contributed by atoms with E-state index in [0.717, 1.165) is 32.5 Å². The lowest BCUT2D eigenvalue weighted by Gasteiger charge is -2.24. The number of carbonyl (C=O) groups is 1. The second-order valence-corrected chi connectivity index (χ2v) is 11.8. The van der Waals surface area contributed by atoms with Gasteiger partial charge in [-0.25, -0.2) is 14.2 Å². The van der Waals surface area contributed by atoms with Crippen molar-refractivity contribution in [3.8, 4) is 0 Å². The summed E-state index contributed by atoms with van der Waals surface area (Å²) in [7, 11) is 0. The van der Waals surface area contributed by atoms with E-state index in [9.17, 15) is 14.0 Å². The Morgan fingerprint density at radius 1 is 1.10 bits per heavy atom. The van der Waals surface area contributed by atoms with Gasteiger partial charge in [-0.1, -0.05) is 53.8 Å². The SMILES string of the molecule is CCOC(=O)C1=C(C)N=c2s/c(=C/c3cn(Cc4ccc(F)cc4)c4ccccc34)c(=O)n2[C@H]1c1ccc(SC)cc1. The van der Waals surface area contributed by atoms with Gasteiger partial charge in [0, 0.05) is 34.1 Å². The van der Waals surface area contributed by atoms with Crippen molar-refractivity contribution >= 4 is 46.0 Å². The lowest BCUT2D eigenvalue weighted by atomic mass is 9.96. The Labute approximate surface area is 250 Å². The fraction of sp³-hybridized carbons (Fsp3) is 0.182. The van der Waals surface area contributed by atoms with Gasteiger partial charge in [-0.3, -0.25) is 9.36 Å². The number of hydrogen-bond donors (Lipinski definition) is 0. The van der Waals surface area contributed by atoms with Crippen molar-refractivity contribution in [3.63, 3.8) is 0 Å². The van der Waals surface area contributed by atoms with Crippen molar-refractivity contribution in [2.45, 2.75) is 31.3 Å². The number of carbonyl (C=O) groups excluding carboxylic acids is 1. The summed E-state index contributed by atoms with van der Waals surface area (Å²) in [4.78, 5) is 33.6. The molecule has 0 spiro atoms. The van der Waals surface area contributed by atoms with Crippen molar-refractivity contribution in [1.29, 1.82) is 0 Å². The lowest BCUT2D eigenvalue weighted by molar-refractivity contribution is -0.139. The monoisotopic (exact) mass is 597 g/mol. The fourth-order valence-electron chi connectivity index (χ4n) is 5.34. The maximum atomic E-state index is 14.1. The minimum atomic E-state index is -0.654. The molecule has 0 saturated carbocycles. The first-order valence-corrected chi connectivity index (χ1v) is 15.6. The number of thioether (sulfide) groups is 1. The third kappa shape index (κ3) is 5.14. The molecular formula is C33H28FN3O3S2. The first-order chi connectivity index (χ1) is 20.4. The molecule has 5 aromatic rings. The largest absolute Gasteiger partial charge is 0.463 e. The third-order valence-electron chi connectivity index (χ3n) is 7.32. The average molecular weight is 598 g/mol. The normalized spacial score (nSPS) is 15.1. The maximum Gasteiger partial charge on any atom is 0.338 e. The van der Waals surface area contributed by atoms with Gasteiger partial charge in [-0.15, -0.1) is 11.8 Å². The van der Waals surface area contributed by atoms with Crippen LogP contribution in [0.15, 0.2) is 105 Å². The second kappa shape index (κ2) is 11.6. The molecule has 0 N–H and O–H groups in total. The number of para-hydroxylation sites is 1. The number of allylic oxidation sites excluding steroid dienone is 1. The first kappa shape index (κ1) is 27.9. The van der Waals surface area contributed by atoms with Crippen molar-refractivity contribution in [3.05, 3.63) is 132 Å². The van der Waals surface area contributed by atoms with Gasteiger partial charge < -0.3 is 9.30 Å². The molecule has 0 saturated heterocycles. The number of thiazole rings is 1. The summed E-state index contributed by atoms with van der Waals surface area (Å²) in [6, 6.07) is 21.7. The van der Waals surface area contributed by atoms with Crippen LogP contribution in [0.25, 0.3) is 17.0 Å². The van der Waals surface area contributed by atoms with E-state index >= 15 is 0 Å². The van der Waals surface area contributed by atoms with Crippen molar-refractivity contribution in [1.82, 2.24) is 9.13 Å². The van der Waals surface area contributed by atoms with Crippen LogP contribution in [0.4, 0.5) is 4.39 Å². The molecule has 0 amide bonds. The van der Waals surface area contributed by atoms with Crippen LogP contribution in [0, 0.1) is 5.82 Å². The molecule has 0 unspecified atom stereocenters. The Morgan fingerprint density at radius 2 is 1.83 bits per heavy atom. The van der Waals surface area contributed by atoms with Crippen LogP contribution in [0.1, 0.15) is 36.6 Å². The summed E-state index contributed by atoms with van der Waals surface area (Å²) < 4.78 is 23.1. The highest BCUT2D eigenvalue weighted by Gasteiger charge is 2.33. The van der Waals surface area contributed by atoms with Crippen LogP contribution >= 0.6 is 23.1 Å². The molecule has 3 aromatic carbocycles. The van der Waals surface area contributed by atoms with Crippen molar-refractivity contribution < 1.29 is 13.9 Å². The highest BCUT2D eigenvalue weighted by molar-refractivity contribution is 7.98. The molecule has 0 aliphatic carbocycles. The Balaban J connectivity index is 1.50. The number of esters is 1. The van der Waals surface area contributed by atoms with Gasteiger partial charge in [-0.2, -0.15) is 0 Å². The zero-order chi connectivity index (χ0) is 29.4. The summed E-state index contributed by atoms with van der Waals surface area (Å²) >= 11 is 2.93. The first-order valence-electron chi connectivity index (χ1n) is 13.5. The van der Waals surface area contributed by atoms with E-state index in [0.29, 0.717) is 27.1 Å². The number of benzene rings is 3. The third-order valence-corrected chi connectivity index (χ3v) is 9.05. The summed E-state index contributed by atoms with van der Waals surface area (Å²) in [6.45, 7) is 4.33. The lowest BCUT2D eigenvalue weighted by Crippen LogP contribution is -2.39. The molecule has 42 heavy (non-hydrogen) atoms. The number of ether oxygens (including phenoxy) is 1. The molecule has 1 atom stereocenters. The predicted molar refractivity (Wildman–Crippen MR) is 166 cm³/mol. The number of hydrogen-bond acceptors (Lipinski definition) is 6. The average Bonchev–Trinajstić information content (AvgIpc) is 3.50. The van der Waals surface area contributed by atoms with Gasteiger partial charge in [0.05, 0.1) is 28.5 Å². The number of rotatable bonds is 7. The highest BCUT2D eigenvalue weighted by atomic mass is 32.2. The smallest absolute Gasteiger partial charge is 0.338 e. The number of nitrogens with zero attached hydrogens (tertiary/aromatic N) is 3. The molecular weight excluding hydrogens is 570 g/mol. The summed E-state index contributed by atoms with van der Waals surface area (Å²) in [5.41, 5.74) is 4.36. The topological polar surface area (TPSA) is 65.6 Å². The van der Waals surface area contributed by atoms with Gasteiger partial charge in [0.2, 0.25) is 0 Å². The second-order valence-electron chi connectivity index (χ2n) is 9.93. The molecule has 212 valence electrons. The number of halogens is 1. The van der Waals surface area contributed by atoms with E-state index in [4.69, 9.17) is 9.73 Å². The molecule has 1 aliphatic rings. The minimum Gasteiger partial charge on any atom is -0.463 e. The van der Waals surface area contributed by atoms with Crippen molar-refractivity contribution in [2.75, 3.05) is 12.9 Å². The van der Waals surface area contributed by atoms with E-state index < -0.39 is 12.0 Å². The van der Waals surface area contributed by atoms with Crippen LogP contribution in [-0.4, -0.2) is 28.0 Å². The van der Waals surface area contributed by atoms with E-state index in [1.54, 1.807) is 42.3 Å². The summed E-state index contributed by atoms with van der Waals surface area (Å²) in [5, 5.41) is 0.998. The Kier molecular flexibility index (Phi) is 7.70. The summed E-state index contributed by atoms with van der Waals surface area (Å²) in [6.07, 6.45) is 5.91. The van der Waals surface area contributed by atoms with E-state index in [-0.39, 0.29) is 18.0 Å². The van der Waals surface area contributed by atoms with E-state index in [1.165, 1.54) is 23.5 Å². The zero-order valence-electron chi connectivity index (χ0n) is 23.3. The Hall–Kier alpha value is -4.21. The van der Waals surface area contributed by atoms with Gasteiger partial charge in [0.25, 0.3) is 5.56 Å². The number of fused-ring (bicyclic) bond motifs is 2. The van der Waals surface area contributed by atoms with Crippen LogP contribution in [-0.2, 0) is 16.1 Å². The van der Waals surface area contributed by atoms with E-state index in [1.807, 2.05) is 67.1 Å². The maximum absolute atomic E-state index is 14.1. The molecule has 0 fully saturated rings. The van der Waals surface area contributed by atoms with Crippen LogP contribution in [0.5, 0.6) is 0 Å². The highest BCUT2D eigenvalue weighted by Crippen LogP contribution is 2.32. The van der Waals surface area contributed by atoms with Crippen LogP contribution in [0.2, 0.25) is 0 Å². The molecule has 0 bridgehead atoms.